The fourth-order valence-corrected chi connectivity index (χ4v) is 1.83. The molecule has 0 aliphatic heterocycles. The zero-order valence-electron chi connectivity index (χ0n) is 11.9. The van der Waals surface area contributed by atoms with Crippen LogP contribution >= 0.6 is 0 Å². The number of amides is 1. The van der Waals surface area contributed by atoms with Crippen molar-refractivity contribution in [2.24, 2.45) is 0 Å². The third-order valence-corrected chi connectivity index (χ3v) is 2.84. The van der Waals surface area contributed by atoms with Gasteiger partial charge in [0.2, 0.25) is 5.91 Å². The summed E-state index contributed by atoms with van der Waals surface area (Å²) in [6.07, 6.45) is 0. The van der Waals surface area contributed by atoms with Crippen LogP contribution in [0.4, 0.5) is 0 Å². The Bertz CT molecular complexity index is 477. The van der Waals surface area contributed by atoms with E-state index in [0.717, 1.165) is 5.56 Å². The van der Waals surface area contributed by atoms with Crippen LogP contribution in [0.5, 0.6) is 0 Å². The van der Waals surface area contributed by atoms with Crippen molar-refractivity contribution < 1.29 is 4.79 Å². The Morgan fingerprint density at radius 1 is 1.26 bits per heavy atom. The van der Waals surface area contributed by atoms with Crippen LogP contribution in [0.25, 0.3) is 0 Å². The van der Waals surface area contributed by atoms with E-state index in [2.05, 4.69) is 16.7 Å². The van der Waals surface area contributed by atoms with Gasteiger partial charge < -0.3 is 5.32 Å². The standard InChI is InChI=1S/C15H21N3O/c1-10(2)17-15(19)12(4)18-11(3)14-7-5-6-13(8-14)9-16/h5-8,10-12,18H,1-4H3,(H,17,19). The molecule has 0 aromatic heterocycles. The SMILES string of the molecule is CC(C)NC(=O)C(C)NC(C)c1cccc(C#N)c1. The summed E-state index contributed by atoms with van der Waals surface area (Å²) in [6, 6.07) is 9.40. The third-order valence-electron chi connectivity index (χ3n) is 2.84. The first-order valence-electron chi connectivity index (χ1n) is 6.50. The van der Waals surface area contributed by atoms with Gasteiger partial charge in [0.05, 0.1) is 17.7 Å². The molecule has 0 heterocycles. The molecule has 4 heteroatoms. The predicted octanol–water partition coefficient (Wildman–Crippen LogP) is 2.12. The predicted molar refractivity (Wildman–Crippen MR) is 75.4 cm³/mol. The molecule has 2 atom stereocenters. The van der Waals surface area contributed by atoms with Gasteiger partial charge in [0, 0.05) is 12.1 Å². The highest BCUT2D eigenvalue weighted by Gasteiger charge is 2.16. The summed E-state index contributed by atoms with van der Waals surface area (Å²) in [5, 5.41) is 15.0. The van der Waals surface area contributed by atoms with Crippen LogP contribution in [0.2, 0.25) is 0 Å². The summed E-state index contributed by atoms with van der Waals surface area (Å²) in [5.74, 6) is -0.0155. The second-order valence-corrected chi connectivity index (χ2v) is 5.01. The van der Waals surface area contributed by atoms with E-state index in [1.54, 1.807) is 6.07 Å². The van der Waals surface area contributed by atoms with Crippen molar-refractivity contribution in [2.45, 2.75) is 45.8 Å². The monoisotopic (exact) mass is 259 g/mol. The lowest BCUT2D eigenvalue weighted by Gasteiger charge is -2.21. The lowest BCUT2D eigenvalue weighted by Crippen LogP contribution is -2.45. The molecule has 1 aromatic rings. The van der Waals surface area contributed by atoms with Crippen LogP contribution < -0.4 is 10.6 Å². The fraction of sp³-hybridized carbons (Fsp3) is 0.467. The summed E-state index contributed by atoms with van der Waals surface area (Å²) in [5.41, 5.74) is 1.63. The fourth-order valence-electron chi connectivity index (χ4n) is 1.83. The van der Waals surface area contributed by atoms with Gasteiger partial charge in [0.15, 0.2) is 0 Å². The highest BCUT2D eigenvalue weighted by Crippen LogP contribution is 2.14. The Kier molecular flexibility index (Phi) is 5.53. The van der Waals surface area contributed by atoms with Gasteiger partial charge in [0.1, 0.15) is 0 Å². The van der Waals surface area contributed by atoms with Crippen molar-refractivity contribution in [3.63, 3.8) is 0 Å². The van der Waals surface area contributed by atoms with Crippen LogP contribution in [0, 0.1) is 11.3 Å². The van der Waals surface area contributed by atoms with Crippen LogP contribution in [0.3, 0.4) is 0 Å². The zero-order chi connectivity index (χ0) is 14.4. The first-order valence-corrected chi connectivity index (χ1v) is 6.50. The van der Waals surface area contributed by atoms with E-state index in [-0.39, 0.29) is 24.0 Å². The van der Waals surface area contributed by atoms with Crippen LogP contribution in [0.15, 0.2) is 24.3 Å². The Hall–Kier alpha value is -1.86. The van der Waals surface area contributed by atoms with E-state index in [0.29, 0.717) is 5.56 Å². The number of rotatable bonds is 5. The normalized spacial score (nSPS) is 13.7. The lowest BCUT2D eigenvalue weighted by molar-refractivity contribution is -0.123. The van der Waals surface area contributed by atoms with Crippen LogP contribution in [-0.4, -0.2) is 18.0 Å². The first-order chi connectivity index (χ1) is 8.93. The Balaban J connectivity index is 2.66. The molecular weight excluding hydrogens is 238 g/mol. The van der Waals surface area contributed by atoms with Gasteiger partial charge in [-0.15, -0.1) is 0 Å². The maximum Gasteiger partial charge on any atom is 0.237 e. The van der Waals surface area contributed by atoms with Crippen molar-refractivity contribution in [1.29, 1.82) is 5.26 Å². The van der Waals surface area contributed by atoms with Crippen molar-refractivity contribution in [2.75, 3.05) is 0 Å². The Morgan fingerprint density at radius 2 is 1.95 bits per heavy atom. The molecular formula is C15H21N3O. The molecule has 2 unspecified atom stereocenters. The van der Waals surface area contributed by atoms with Crippen molar-refractivity contribution in [3.8, 4) is 6.07 Å². The van der Waals surface area contributed by atoms with Crippen molar-refractivity contribution >= 4 is 5.91 Å². The topological polar surface area (TPSA) is 64.9 Å². The summed E-state index contributed by atoms with van der Waals surface area (Å²) < 4.78 is 0. The molecule has 19 heavy (non-hydrogen) atoms. The first kappa shape index (κ1) is 15.2. The van der Waals surface area contributed by atoms with E-state index in [9.17, 15) is 4.79 Å². The summed E-state index contributed by atoms with van der Waals surface area (Å²) in [6.45, 7) is 7.69. The number of hydrogen-bond donors (Lipinski definition) is 2. The molecule has 0 aliphatic carbocycles. The average Bonchev–Trinajstić information content (AvgIpc) is 2.37. The minimum atomic E-state index is -0.275. The van der Waals surface area contributed by atoms with Gasteiger partial charge >= 0.3 is 0 Å². The van der Waals surface area contributed by atoms with Gasteiger partial charge in [-0.05, 0) is 45.4 Å². The lowest BCUT2D eigenvalue weighted by atomic mass is 10.0. The van der Waals surface area contributed by atoms with Crippen LogP contribution in [0.1, 0.15) is 44.9 Å². The molecule has 1 rings (SSSR count). The van der Waals surface area contributed by atoms with Gasteiger partial charge in [-0.25, -0.2) is 0 Å². The molecule has 0 bridgehead atoms. The largest absolute Gasteiger partial charge is 0.353 e. The Labute approximate surface area is 114 Å². The molecule has 1 aromatic carbocycles. The van der Waals surface area contributed by atoms with Crippen molar-refractivity contribution in [1.82, 2.24) is 10.6 Å². The smallest absolute Gasteiger partial charge is 0.237 e. The van der Waals surface area contributed by atoms with E-state index < -0.39 is 0 Å². The number of benzene rings is 1. The second kappa shape index (κ2) is 6.91. The van der Waals surface area contributed by atoms with Gasteiger partial charge in [-0.1, -0.05) is 12.1 Å². The number of carbonyl (C=O) groups excluding carboxylic acids is 1. The zero-order valence-corrected chi connectivity index (χ0v) is 11.9. The highest BCUT2D eigenvalue weighted by molar-refractivity contribution is 5.81. The van der Waals surface area contributed by atoms with E-state index in [4.69, 9.17) is 5.26 Å². The highest BCUT2D eigenvalue weighted by atomic mass is 16.2. The molecule has 0 radical (unpaired) electrons. The molecule has 0 aliphatic rings. The molecule has 2 N–H and O–H groups in total. The molecule has 0 saturated heterocycles. The van der Waals surface area contributed by atoms with Gasteiger partial charge in [-0.2, -0.15) is 5.26 Å². The summed E-state index contributed by atoms with van der Waals surface area (Å²) >= 11 is 0. The second-order valence-electron chi connectivity index (χ2n) is 5.01. The maximum absolute atomic E-state index is 11.8. The van der Waals surface area contributed by atoms with E-state index >= 15 is 0 Å². The number of nitriles is 1. The number of nitrogens with zero attached hydrogens (tertiary/aromatic N) is 1. The Morgan fingerprint density at radius 3 is 2.53 bits per heavy atom. The van der Waals surface area contributed by atoms with E-state index in [1.165, 1.54) is 0 Å². The molecule has 4 nitrogen and oxygen atoms in total. The quantitative estimate of drug-likeness (QED) is 0.851. The maximum atomic E-state index is 11.8. The molecule has 102 valence electrons. The van der Waals surface area contributed by atoms with Crippen LogP contribution in [-0.2, 0) is 4.79 Å². The number of hydrogen-bond acceptors (Lipinski definition) is 3. The van der Waals surface area contributed by atoms with Crippen molar-refractivity contribution in [3.05, 3.63) is 35.4 Å². The van der Waals surface area contributed by atoms with E-state index in [1.807, 2.05) is 45.9 Å². The number of carbonyl (C=O) groups is 1. The minimum Gasteiger partial charge on any atom is -0.353 e. The molecule has 0 saturated carbocycles. The minimum absolute atomic E-state index is 0.0150. The summed E-state index contributed by atoms with van der Waals surface area (Å²) in [4.78, 5) is 11.8. The van der Waals surface area contributed by atoms with Gasteiger partial charge in [0.25, 0.3) is 0 Å². The molecule has 0 fully saturated rings. The summed E-state index contributed by atoms with van der Waals surface area (Å²) in [7, 11) is 0. The average molecular weight is 259 g/mol. The van der Waals surface area contributed by atoms with Gasteiger partial charge in [-0.3, -0.25) is 10.1 Å². The molecule has 1 amide bonds. The molecule has 0 spiro atoms. The number of nitrogens with one attached hydrogen (secondary N) is 2. The third kappa shape index (κ3) is 4.72.